The van der Waals surface area contributed by atoms with Gasteiger partial charge in [-0.3, -0.25) is 18.6 Å². The summed E-state index contributed by atoms with van der Waals surface area (Å²) < 4.78 is 9.41. The molecule has 8 nitrogen and oxygen atoms in total. The van der Waals surface area contributed by atoms with Gasteiger partial charge in [-0.15, -0.1) is 21.5 Å². The Morgan fingerprint density at radius 1 is 1.20 bits per heavy atom. The van der Waals surface area contributed by atoms with Gasteiger partial charge >= 0.3 is 0 Å². The number of ether oxygens (including phenoxy) is 1. The van der Waals surface area contributed by atoms with E-state index in [0.29, 0.717) is 42.8 Å². The Morgan fingerprint density at radius 3 is 2.73 bits per heavy atom. The minimum absolute atomic E-state index is 0.00853. The Labute approximate surface area is 177 Å². The number of hydrogen-bond acceptors (Lipinski definition) is 6. The minimum Gasteiger partial charge on any atom is -0.497 e. The molecule has 0 fully saturated rings. The number of methoxy groups -OCH3 is 1. The number of nitrogens with one attached hydrogen (secondary N) is 1. The fourth-order valence-corrected chi connectivity index (χ4v) is 4.29. The summed E-state index contributed by atoms with van der Waals surface area (Å²) >= 11 is 1.42. The summed E-state index contributed by atoms with van der Waals surface area (Å²) in [6, 6.07) is 9.53. The molecule has 0 radical (unpaired) electrons. The van der Waals surface area contributed by atoms with Crippen molar-refractivity contribution in [1.29, 1.82) is 0 Å². The highest BCUT2D eigenvalue weighted by Gasteiger charge is 2.16. The van der Waals surface area contributed by atoms with Crippen molar-refractivity contribution in [2.45, 2.75) is 39.3 Å². The monoisotopic (exact) mass is 425 g/mol. The number of nitrogens with zero attached hydrogens (tertiary/aromatic N) is 4. The molecule has 3 heterocycles. The minimum atomic E-state index is -0.0353. The maximum atomic E-state index is 12.6. The Kier molecular flexibility index (Phi) is 5.80. The normalized spacial score (nSPS) is 11.3. The Balaban J connectivity index is 1.41. The third kappa shape index (κ3) is 3.80. The molecule has 1 N–H and O–H groups in total. The van der Waals surface area contributed by atoms with Gasteiger partial charge < -0.3 is 10.1 Å². The number of benzene rings is 1. The van der Waals surface area contributed by atoms with Crippen molar-refractivity contribution in [2.24, 2.45) is 0 Å². The quantitative estimate of drug-likeness (QED) is 0.469. The van der Waals surface area contributed by atoms with Gasteiger partial charge in [0, 0.05) is 25.9 Å². The number of hydrogen-bond donors (Lipinski definition) is 1. The summed E-state index contributed by atoms with van der Waals surface area (Å²) in [6.07, 6.45) is 1.64. The topological polar surface area (TPSA) is 90.5 Å². The maximum Gasteiger partial charge on any atom is 0.272 e. The zero-order valence-corrected chi connectivity index (χ0v) is 17.7. The van der Waals surface area contributed by atoms with Gasteiger partial charge in [0.1, 0.15) is 16.3 Å². The van der Waals surface area contributed by atoms with E-state index in [-0.39, 0.29) is 11.5 Å². The van der Waals surface area contributed by atoms with E-state index in [1.807, 2.05) is 47.0 Å². The van der Waals surface area contributed by atoms with E-state index in [9.17, 15) is 9.59 Å². The predicted octanol–water partition coefficient (Wildman–Crippen LogP) is 2.77. The van der Waals surface area contributed by atoms with E-state index in [4.69, 9.17) is 4.74 Å². The fraction of sp³-hybridized carbons (Fsp3) is 0.333. The van der Waals surface area contributed by atoms with Gasteiger partial charge in [-0.05, 0) is 42.5 Å². The molecular formula is C21H23N5O3S. The van der Waals surface area contributed by atoms with Crippen LogP contribution in [-0.4, -0.2) is 32.2 Å². The molecule has 1 aromatic carbocycles. The molecular weight excluding hydrogens is 402 g/mol. The smallest absolute Gasteiger partial charge is 0.272 e. The van der Waals surface area contributed by atoms with Gasteiger partial charge in [-0.25, -0.2) is 0 Å². The molecule has 0 saturated heterocycles. The van der Waals surface area contributed by atoms with Crippen LogP contribution in [0.2, 0.25) is 0 Å². The van der Waals surface area contributed by atoms with E-state index in [0.717, 1.165) is 22.7 Å². The van der Waals surface area contributed by atoms with E-state index >= 15 is 0 Å². The number of aromatic nitrogens is 4. The number of carbonyl (C=O) groups is 1. The van der Waals surface area contributed by atoms with Crippen LogP contribution in [0.3, 0.4) is 0 Å². The third-order valence-electron chi connectivity index (χ3n) is 5.05. The van der Waals surface area contributed by atoms with Crippen molar-refractivity contribution in [2.75, 3.05) is 7.11 Å². The zero-order chi connectivity index (χ0) is 21.1. The summed E-state index contributed by atoms with van der Waals surface area (Å²) in [6.45, 7) is 2.93. The SMILES string of the molecule is CCn1c(=O)c2sccc2n2c(CCCC(=O)NCc3ccc(OC)cc3)nnc12. The molecule has 0 bridgehead atoms. The molecule has 1 amide bonds. The lowest BCUT2D eigenvalue weighted by molar-refractivity contribution is -0.121. The van der Waals surface area contributed by atoms with Crippen LogP contribution in [0, 0.1) is 0 Å². The first-order valence-electron chi connectivity index (χ1n) is 9.86. The highest BCUT2D eigenvalue weighted by atomic mass is 32.1. The van der Waals surface area contributed by atoms with Gasteiger partial charge in [0.05, 0.1) is 12.6 Å². The lowest BCUT2D eigenvalue weighted by Gasteiger charge is -2.08. The molecule has 4 rings (SSSR count). The van der Waals surface area contributed by atoms with Crippen molar-refractivity contribution in [3.63, 3.8) is 0 Å². The lowest BCUT2D eigenvalue weighted by Crippen LogP contribution is -2.23. The highest BCUT2D eigenvalue weighted by molar-refractivity contribution is 7.17. The second-order valence-corrected chi connectivity index (χ2v) is 7.83. The number of fused-ring (bicyclic) bond motifs is 3. The van der Waals surface area contributed by atoms with Crippen LogP contribution in [0.1, 0.15) is 31.2 Å². The van der Waals surface area contributed by atoms with Crippen molar-refractivity contribution in [1.82, 2.24) is 24.5 Å². The van der Waals surface area contributed by atoms with Gasteiger partial charge in [0.15, 0.2) is 0 Å². The number of amides is 1. The molecule has 9 heteroatoms. The van der Waals surface area contributed by atoms with Crippen molar-refractivity contribution >= 4 is 33.2 Å². The van der Waals surface area contributed by atoms with Gasteiger partial charge in [-0.2, -0.15) is 0 Å². The van der Waals surface area contributed by atoms with Gasteiger partial charge in [0.2, 0.25) is 11.7 Å². The Morgan fingerprint density at radius 2 is 2.00 bits per heavy atom. The molecule has 0 saturated carbocycles. The van der Waals surface area contributed by atoms with Crippen LogP contribution in [0.4, 0.5) is 0 Å². The molecule has 0 aliphatic rings. The molecule has 0 unspecified atom stereocenters. The Hall–Kier alpha value is -3.20. The summed E-state index contributed by atoms with van der Waals surface area (Å²) in [5, 5.41) is 13.4. The maximum absolute atomic E-state index is 12.6. The highest BCUT2D eigenvalue weighted by Crippen LogP contribution is 2.20. The van der Waals surface area contributed by atoms with Crippen LogP contribution < -0.4 is 15.6 Å². The molecule has 0 spiro atoms. The van der Waals surface area contributed by atoms with E-state index < -0.39 is 0 Å². The van der Waals surface area contributed by atoms with Crippen molar-refractivity contribution in [3.05, 3.63) is 57.5 Å². The summed E-state index contributed by atoms with van der Waals surface area (Å²) in [5.74, 6) is 2.09. The van der Waals surface area contributed by atoms with Crippen LogP contribution in [0.25, 0.3) is 16.0 Å². The van der Waals surface area contributed by atoms with Crippen LogP contribution in [0.15, 0.2) is 40.5 Å². The number of carbonyl (C=O) groups excluding carboxylic acids is 1. The summed E-state index contributed by atoms with van der Waals surface area (Å²) in [4.78, 5) is 24.8. The lowest BCUT2D eigenvalue weighted by atomic mass is 10.2. The van der Waals surface area contributed by atoms with E-state index in [2.05, 4.69) is 15.5 Å². The Bertz CT molecular complexity index is 1240. The molecule has 30 heavy (non-hydrogen) atoms. The molecule has 0 atom stereocenters. The second-order valence-electron chi connectivity index (χ2n) is 6.91. The number of aryl methyl sites for hydroxylation is 2. The summed E-state index contributed by atoms with van der Waals surface area (Å²) in [7, 11) is 1.63. The van der Waals surface area contributed by atoms with Crippen molar-refractivity contribution < 1.29 is 9.53 Å². The zero-order valence-electron chi connectivity index (χ0n) is 16.9. The van der Waals surface area contributed by atoms with Gasteiger partial charge in [0.25, 0.3) is 5.56 Å². The molecule has 0 aliphatic carbocycles. The second kappa shape index (κ2) is 8.66. The number of thiophene rings is 1. The molecule has 3 aromatic heterocycles. The first-order valence-corrected chi connectivity index (χ1v) is 10.7. The standard InChI is InChI=1S/C21H23N5O3S/c1-3-25-20(28)19-16(11-12-30-19)26-17(23-24-21(25)26)5-4-6-18(27)22-13-14-7-9-15(29-2)10-8-14/h7-12H,3-6,13H2,1-2H3,(H,22,27). The summed E-state index contributed by atoms with van der Waals surface area (Å²) in [5.41, 5.74) is 1.81. The third-order valence-corrected chi connectivity index (χ3v) is 5.94. The first-order chi connectivity index (χ1) is 14.6. The van der Waals surface area contributed by atoms with Crippen LogP contribution in [0.5, 0.6) is 5.75 Å². The van der Waals surface area contributed by atoms with Crippen molar-refractivity contribution in [3.8, 4) is 5.75 Å². The molecule has 156 valence electrons. The molecule has 0 aliphatic heterocycles. The van der Waals surface area contributed by atoms with E-state index in [1.165, 1.54) is 11.3 Å². The largest absolute Gasteiger partial charge is 0.497 e. The average molecular weight is 426 g/mol. The first kappa shape index (κ1) is 20.1. The predicted molar refractivity (Wildman–Crippen MR) is 116 cm³/mol. The fourth-order valence-electron chi connectivity index (χ4n) is 3.47. The van der Waals surface area contributed by atoms with Crippen LogP contribution in [-0.2, 0) is 24.3 Å². The number of rotatable bonds is 8. The van der Waals surface area contributed by atoms with Gasteiger partial charge in [-0.1, -0.05) is 12.1 Å². The molecule has 4 aromatic rings. The average Bonchev–Trinajstić information content (AvgIpc) is 3.40. The van der Waals surface area contributed by atoms with Crippen LogP contribution >= 0.6 is 11.3 Å². The van der Waals surface area contributed by atoms with E-state index in [1.54, 1.807) is 11.7 Å².